The van der Waals surface area contributed by atoms with Gasteiger partial charge in [-0.15, -0.1) is 0 Å². The highest BCUT2D eigenvalue weighted by atomic mass is 16.5. The van der Waals surface area contributed by atoms with Crippen LogP contribution in [0.3, 0.4) is 0 Å². The van der Waals surface area contributed by atoms with Gasteiger partial charge in [-0.05, 0) is 31.5 Å². The largest absolute Gasteiger partial charge is 0.480 e. The maximum Gasteiger partial charge on any atom is 0.323 e. The number of fused-ring (bicyclic) bond motifs is 1. The van der Waals surface area contributed by atoms with Gasteiger partial charge in [0.2, 0.25) is 0 Å². The minimum atomic E-state index is -1.13. The van der Waals surface area contributed by atoms with Gasteiger partial charge in [0, 0.05) is 0 Å². The molecular weight excluding hydrogens is 250 g/mol. The number of aliphatic hydroxyl groups excluding tert-OH is 1. The molecule has 1 aromatic carbocycles. The molecule has 0 spiro atoms. The molecule has 1 heterocycles. The number of anilines is 1. The molecule has 0 aromatic heterocycles. The first kappa shape index (κ1) is 13.4. The summed E-state index contributed by atoms with van der Waals surface area (Å²) in [5.41, 5.74) is -0.0839. The summed E-state index contributed by atoms with van der Waals surface area (Å²) in [5, 5.41) is 18.0. The second kappa shape index (κ2) is 4.55. The molecule has 102 valence electrons. The molecule has 6 heteroatoms. The van der Waals surface area contributed by atoms with Gasteiger partial charge in [0.25, 0.3) is 5.91 Å². The van der Waals surface area contributed by atoms with Crippen molar-refractivity contribution in [2.45, 2.75) is 26.1 Å². The predicted molar refractivity (Wildman–Crippen MR) is 67.1 cm³/mol. The molecule has 2 rings (SSSR count). The molecule has 0 saturated carbocycles. The van der Waals surface area contributed by atoms with Gasteiger partial charge in [0.1, 0.15) is 12.3 Å². The Morgan fingerprint density at radius 3 is 2.68 bits per heavy atom. The molecule has 2 N–H and O–H groups in total. The van der Waals surface area contributed by atoms with Gasteiger partial charge in [-0.25, -0.2) is 0 Å². The number of carbonyl (C=O) groups excluding carboxylic acids is 1. The number of hydrogen-bond acceptors (Lipinski definition) is 4. The van der Waals surface area contributed by atoms with Crippen LogP contribution >= 0.6 is 0 Å². The van der Waals surface area contributed by atoms with Gasteiger partial charge < -0.3 is 14.9 Å². The number of nitrogens with zero attached hydrogens (tertiary/aromatic N) is 1. The first-order valence-corrected chi connectivity index (χ1v) is 5.81. The Balaban J connectivity index is 2.50. The van der Waals surface area contributed by atoms with Crippen LogP contribution in [0, 0.1) is 0 Å². The Bertz CT molecular complexity index is 538. The fourth-order valence-electron chi connectivity index (χ4n) is 2.01. The number of hydrogen-bond donors (Lipinski definition) is 2. The molecule has 6 nitrogen and oxygen atoms in total. The van der Waals surface area contributed by atoms with E-state index in [2.05, 4.69) is 0 Å². The molecule has 0 aliphatic carbocycles. The first-order chi connectivity index (χ1) is 8.85. The number of carboxylic acids is 1. The molecule has 0 fully saturated rings. The number of amides is 1. The van der Waals surface area contributed by atoms with E-state index in [1.54, 1.807) is 32.0 Å². The molecule has 0 unspecified atom stereocenters. The molecule has 0 saturated heterocycles. The van der Waals surface area contributed by atoms with Crippen molar-refractivity contribution in [2.75, 3.05) is 11.4 Å². The maximum atomic E-state index is 12.2. The predicted octanol–water partition coefficient (Wildman–Crippen LogP) is 0.767. The monoisotopic (exact) mass is 265 g/mol. The highest BCUT2D eigenvalue weighted by molar-refractivity contribution is 6.05. The zero-order valence-electron chi connectivity index (χ0n) is 10.7. The fraction of sp³-hybridized carbons (Fsp3) is 0.385. The van der Waals surface area contributed by atoms with E-state index in [0.29, 0.717) is 17.0 Å². The third-order valence-corrected chi connectivity index (χ3v) is 2.92. The van der Waals surface area contributed by atoms with Crippen molar-refractivity contribution in [3.8, 4) is 5.75 Å². The summed E-state index contributed by atoms with van der Waals surface area (Å²) in [6.45, 7) is 2.60. The molecule has 1 aliphatic rings. The van der Waals surface area contributed by atoms with E-state index >= 15 is 0 Å². The van der Waals surface area contributed by atoms with Crippen LogP contribution in [0.25, 0.3) is 0 Å². The lowest BCUT2D eigenvalue weighted by Crippen LogP contribution is -2.53. The number of aliphatic carboxylic acids is 1. The molecule has 1 aromatic rings. The summed E-state index contributed by atoms with van der Waals surface area (Å²) in [5.74, 6) is -1.10. The third kappa shape index (κ3) is 2.39. The average Bonchev–Trinajstić information content (AvgIpc) is 2.33. The van der Waals surface area contributed by atoms with Crippen LogP contribution in [-0.2, 0) is 16.2 Å². The topological polar surface area (TPSA) is 87.1 Å². The lowest BCUT2D eigenvalue weighted by atomic mass is 10.0. The van der Waals surface area contributed by atoms with Gasteiger partial charge >= 0.3 is 5.97 Å². The van der Waals surface area contributed by atoms with Crippen LogP contribution < -0.4 is 9.64 Å². The number of ether oxygens (including phenoxy) is 1. The van der Waals surface area contributed by atoms with Crippen LogP contribution in [0.2, 0.25) is 0 Å². The van der Waals surface area contributed by atoms with Crippen molar-refractivity contribution in [3.05, 3.63) is 23.8 Å². The standard InChI is InChI=1S/C13H15NO5/c1-13(2)12(18)14(6-11(16)17)9-4-3-8(7-15)5-10(9)19-13/h3-5,15H,6-7H2,1-2H3,(H,16,17). The number of carbonyl (C=O) groups is 2. The van der Waals surface area contributed by atoms with Crippen molar-refractivity contribution >= 4 is 17.6 Å². The average molecular weight is 265 g/mol. The maximum absolute atomic E-state index is 12.2. The Morgan fingerprint density at radius 1 is 1.42 bits per heavy atom. The van der Waals surface area contributed by atoms with Crippen LogP contribution in [0.1, 0.15) is 19.4 Å². The number of benzene rings is 1. The van der Waals surface area contributed by atoms with Crippen molar-refractivity contribution in [1.29, 1.82) is 0 Å². The van der Waals surface area contributed by atoms with E-state index in [-0.39, 0.29) is 6.61 Å². The second-order valence-electron chi connectivity index (χ2n) is 4.86. The summed E-state index contributed by atoms with van der Waals surface area (Å²) in [7, 11) is 0. The number of carboxylic acid groups (broad SMARTS) is 1. The van der Waals surface area contributed by atoms with Crippen molar-refractivity contribution in [1.82, 2.24) is 0 Å². The van der Waals surface area contributed by atoms with Crippen molar-refractivity contribution < 1.29 is 24.5 Å². The highest BCUT2D eigenvalue weighted by Crippen LogP contribution is 2.38. The second-order valence-corrected chi connectivity index (χ2v) is 4.86. The van der Waals surface area contributed by atoms with Crippen LogP contribution in [0.4, 0.5) is 5.69 Å². The molecule has 1 amide bonds. The summed E-state index contributed by atoms with van der Waals surface area (Å²) in [6, 6.07) is 4.82. The minimum Gasteiger partial charge on any atom is -0.480 e. The molecular formula is C13H15NO5. The van der Waals surface area contributed by atoms with Crippen LogP contribution in [-0.4, -0.2) is 34.2 Å². The van der Waals surface area contributed by atoms with Gasteiger partial charge in [-0.3, -0.25) is 14.5 Å². The van der Waals surface area contributed by atoms with Crippen molar-refractivity contribution in [3.63, 3.8) is 0 Å². The van der Waals surface area contributed by atoms with Gasteiger partial charge in [0.15, 0.2) is 5.60 Å². The molecule has 19 heavy (non-hydrogen) atoms. The molecule has 1 aliphatic heterocycles. The zero-order chi connectivity index (χ0) is 14.2. The fourth-order valence-corrected chi connectivity index (χ4v) is 2.01. The Morgan fingerprint density at radius 2 is 2.11 bits per heavy atom. The summed E-state index contributed by atoms with van der Waals surface area (Å²) in [4.78, 5) is 24.3. The van der Waals surface area contributed by atoms with Crippen LogP contribution in [0.15, 0.2) is 18.2 Å². The van der Waals surface area contributed by atoms with E-state index in [9.17, 15) is 9.59 Å². The Kier molecular flexibility index (Phi) is 3.20. The Labute approximate surface area is 110 Å². The Hall–Kier alpha value is -2.08. The third-order valence-electron chi connectivity index (χ3n) is 2.92. The van der Waals surface area contributed by atoms with E-state index in [0.717, 1.165) is 0 Å². The highest BCUT2D eigenvalue weighted by Gasteiger charge is 2.41. The smallest absolute Gasteiger partial charge is 0.323 e. The van der Waals surface area contributed by atoms with E-state index in [1.807, 2.05) is 0 Å². The lowest BCUT2D eigenvalue weighted by Gasteiger charge is -2.38. The molecule has 0 bridgehead atoms. The van der Waals surface area contributed by atoms with E-state index in [1.165, 1.54) is 4.90 Å². The molecule has 0 atom stereocenters. The summed E-state index contributed by atoms with van der Waals surface area (Å²) >= 11 is 0. The van der Waals surface area contributed by atoms with E-state index in [4.69, 9.17) is 14.9 Å². The van der Waals surface area contributed by atoms with Gasteiger partial charge in [0.05, 0.1) is 12.3 Å². The normalized spacial score (nSPS) is 16.8. The van der Waals surface area contributed by atoms with Crippen LogP contribution in [0.5, 0.6) is 5.75 Å². The minimum absolute atomic E-state index is 0.149. The molecule has 0 radical (unpaired) electrons. The first-order valence-electron chi connectivity index (χ1n) is 5.81. The van der Waals surface area contributed by atoms with Gasteiger partial charge in [-0.1, -0.05) is 6.07 Å². The lowest BCUT2D eigenvalue weighted by molar-refractivity contribution is -0.139. The number of aliphatic hydroxyl groups is 1. The summed E-state index contributed by atoms with van der Waals surface area (Å²) < 4.78 is 5.59. The van der Waals surface area contributed by atoms with Crippen molar-refractivity contribution in [2.24, 2.45) is 0 Å². The zero-order valence-corrected chi connectivity index (χ0v) is 10.7. The van der Waals surface area contributed by atoms with E-state index < -0.39 is 24.0 Å². The summed E-state index contributed by atoms with van der Waals surface area (Å²) in [6.07, 6.45) is 0. The van der Waals surface area contributed by atoms with Gasteiger partial charge in [-0.2, -0.15) is 0 Å². The quantitative estimate of drug-likeness (QED) is 0.842. The number of rotatable bonds is 3. The SMILES string of the molecule is CC1(C)Oc2cc(CO)ccc2N(CC(=O)O)C1=O.